The Morgan fingerprint density at radius 3 is 2.61 bits per heavy atom. The molecular formula is C15H24IN7O4S. The summed E-state index contributed by atoms with van der Waals surface area (Å²) in [5.41, 5.74) is 0.405. The summed E-state index contributed by atoms with van der Waals surface area (Å²) in [7, 11) is -3.43. The molecule has 0 aliphatic carbocycles. The number of aromatic nitrogens is 3. The van der Waals surface area contributed by atoms with E-state index in [1.807, 2.05) is 11.8 Å². The average molecular weight is 525 g/mol. The van der Waals surface area contributed by atoms with Gasteiger partial charge in [-0.15, -0.1) is 24.0 Å². The fourth-order valence-electron chi connectivity index (χ4n) is 2.75. The number of hydrogen-bond acceptors (Lipinski definition) is 8. The maximum Gasteiger partial charge on any atom is 0.223 e. The third-order valence-corrected chi connectivity index (χ3v) is 5.84. The molecule has 11 nitrogen and oxygen atoms in total. The monoisotopic (exact) mass is 525 g/mol. The van der Waals surface area contributed by atoms with Crippen LogP contribution in [0.5, 0.6) is 0 Å². The molecule has 2 aromatic rings. The Hall–Kier alpha value is -1.74. The van der Waals surface area contributed by atoms with Crippen LogP contribution in [0.4, 0.5) is 0 Å². The summed E-state index contributed by atoms with van der Waals surface area (Å²) in [6.45, 7) is 6.54. The van der Waals surface area contributed by atoms with Crippen molar-refractivity contribution in [2.75, 3.05) is 32.7 Å². The Morgan fingerprint density at radius 1 is 1.29 bits per heavy atom. The molecule has 3 heterocycles. The number of sulfonamides is 1. The zero-order valence-electron chi connectivity index (χ0n) is 15.7. The number of halogens is 1. The van der Waals surface area contributed by atoms with Gasteiger partial charge < -0.3 is 19.3 Å². The summed E-state index contributed by atoms with van der Waals surface area (Å²) in [6.07, 6.45) is 1.37. The minimum absolute atomic E-state index is 0. The Morgan fingerprint density at radius 2 is 2.04 bits per heavy atom. The largest absolute Gasteiger partial charge is 0.364 e. The van der Waals surface area contributed by atoms with Crippen molar-refractivity contribution in [2.45, 2.75) is 26.1 Å². The van der Waals surface area contributed by atoms with E-state index >= 15 is 0 Å². The van der Waals surface area contributed by atoms with E-state index in [4.69, 9.17) is 9.05 Å². The molecule has 0 spiro atoms. The molecule has 1 N–H and O–H groups in total. The molecular weight excluding hydrogens is 501 g/mol. The molecule has 0 atom stereocenters. The van der Waals surface area contributed by atoms with Gasteiger partial charge in [-0.05, 0) is 6.92 Å². The van der Waals surface area contributed by atoms with Crippen molar-refractivity contribution in [1.82, 2.24) is 29.8 Å². The minimum Gasteiger partial charge on any atom is -0.364 e. The first-order valence-electron chi connectivity index (χ1n) is 8.67. The first kappa shape index (κ1) is 22.5. The van der Waals surface area contributed by atoms with Gasteiger partial charge in [-0.3, -0.25) is 0 Å². The highest BCUT2D eigenvalue weighted by atomic mass is 127. The third-order valence-electron chi connectivity index (χ3n) is 4.03. The van der Waals surface area contributed by atoms with Gasteiger partial charge in [-0.2, -0.15) is 9.29 Å². The molecule has 0 unspecified atom stereocenters. The van der Waals surface area contributed by atoms with Crippen molar-refractivity contribution in [3.63, 3.8) is 0 Å². The van der Waals surface area contributed by atoms with Gasteiger partial charge in [0.25, 0.3) is 0 Å². The van der Waals surface area contributed by atoms with Crippen LogP contribution >= 0.6 is 24.0 Å². The molecule has 0 amide bonds. The van der Waals surface area contributed by atoms with E-state index in [1.165, 1.54) is 10.6 Å². The Balaban J connectivity index is 0.00000280. The zero-order valence-corrected chi connectivity index (χ0v) is 18.9. The third kappa shape index (κ3) is 5.88. The normalized spacial score (nSPS) is 16.1. The number of aliphatic imine (C=N–C) groups is 1. The Labute approximate surface area is 180 Å². The quantitative estimate of drug-likeness (QED) is 0.327. The van der Waals surface area contributed by atoms with Gasteiger partial charge in [0.15, 0.2) is 11.8 Å². The lowest BCUT2D eigenvalue weighted by molar-refractivity contribution is 0.259. The highest BCUT2D eigenvalue weighted by molar-refractivity contribution is 14.0. The van der Waals surface area contributed by atoms with Gasteiger partial charge in [-0.1, -0.05) is 10.3 Å². The second-order valence-corrected chi connectivity index (χ2v) is 8.00. The van der Waals surface area contributed by atoms with E-state index in [1.54, 1.807) is 13.0 Å². The van der Waals surface area contributed by atoms with E-state index in [-0.39, 0.29) is 29.7 Å². The molecule has 0 bridgehead atoms. The van der Waals surface area contributed by atoms with E-state index < -0.39 is 10.0 Å². The summed E-state index contributed by atoms with van der Waals surface area (Å²) in [6, 6.07) is 1.56. The molecule has 13 heteroatoms. The maximum atomic E-state index is 12.5. The van der Waals surface area contributed by atoms with Crippen molar-refractivity contribution in [3.8, 4) is 0 Å². The van der Waals surface area contributed by atoms with Crippen LogP contribution in [-0.4, -0.2) is 71.6 Å². The Kier molecular flexibility index (Phi) is 8.18. The highest BCUT2D eigenvalue weighted by Crippen LogP contribution is 2.13. The SMILES string of the molecule is CCNC(=NCc1noc(C)n1)N1CCN(S(=O)(=O)Cc2ccon2)CC1.I. The lowest BCUT2D eigenvalue weighted by atomic mass is 10.4. The van der Waals surface area contributed by atoms with Crippen LogP contribution in [0.15, 0.2) is 26.4 Å². The van der Waals surface area contributed by atoms with E-state index in [0.717, 1.165) is 0 Å². The van der Waals surface area contributed by atoms with Gasteiger partial charge in [0, 0.05) is 45.7 Å². The lowest BCUT2D eigenvalue weighted by Gasteiger charge is -2.35. The summed E-state index contributed by atoms with van der Waals surface area (Å²) in [5, 5.41) is 10.7. The smallest absolute Gasteiger partial charge is 0.223 e. The molecule has 0 saturated carbocycles. The summed E-state index contributed by atoms with van der Waals surface area (Å²) in [5.74, 6) is 1.55. The number of nitrogens with one attached hydrogen (secondary N) is 1. The fourth-order valence-corrected chi connectivity index (χ4v) is 4.17. The first-order valence-corrected chi connectivity index (χ1v) is 10.3. The standard InChI is InChI=1S/C15H23N7O4S.HI/c1-3-16-15(17-10-14-18-12(2)26-20-14)21-5-7-22(8-6-21)27(23,24)11-13-4-9-25-19-13;/h4,9H,3,5-8,10-11H2,1-2H3,(H,16,17);1H. The van der Waals surface area contributed by atoms with Gasteiger partial charge >= 0.3 is 0 Å². The molecule has 3 rings (SSSR count). The fraction of sp³-hybridized carbons (Fsp3) is 0.600. The number of piperazine rings is 1. The Bertz CT molecular complexity index is 861. The molecule has 0 aromatic carbocycles. The molecule has 1 aliphatic rings. The predicted octanol–water partition coefficient (Wildman–Crippen LogP) is 0.597. The topological polar surface area (TPSA) is 130 Å². The molecule has 0 radical (unpaired) electrons. The van der Waals surface area contributed by atoms with Crippen molar-refractivity contribution in [3.05, 3.63) is 29.7 Å². The number of aryl methyl sites for hydroxylation is 1. The van der Waals surface area contributed by atoms with Crippen LogP contribution in [-0.2, 0) is 22.3 Å². The van der Waals surface area contributed by atoms with Crippen molar-refractivity contribution < 1.29 is 17.5 Å². The number of rotatable bonds is 6. The number of nitrogens with zero attached hydrogens (tertiary/aromatic N) is 6. The average Bonchev–Trinajstić information content (AvgIpc) is 3.30. The van der Waals surface area contributed by atoms with E-state index in [0.29, 0.717) is 62.6 Å². The van der Waals surface area contributed by atoms with Crippen LogP contribution in [0, 0.1) is 6.92 Å². The van der Waals surface area contributed by atoms with Gasteiger partial charge in [0.05, 0.1) is 5.69 Å². The van der Waals surface area contributed by atoms with Crippen LogP contribution in [0.3, 0.4) is 0 Å². The summed E-state index contributed by atoms with van der Waals surface area (Å²) >= 11 is 0. The molecule has 1 fully saturated rings. The number of guanidine groups is 1. The van der Waals surface area contributed by atoms with Crippen LogP contribution in [0.1, 0.15) is 24.3 Å². The molecule has 156 valence electrons. The molecule has 1 aliphatic heterocycles. The van der Waals surface area contributed by atoms with E-state index in [9.17, 15) is 8.42 Å². The maximum absolute atomic E-state index is 12.5. The highest BCUT2D eigenvalue weighted by Gasteiger charge is 2.29. The van der Waals surface area contributed by atoms with E-state index in [2.05, 4.69) is 25.6 Å². The zero-order chi connectivity index (χ0) is 19.3. The van der Waals surface area contributed by atoms with Crippen molar-refractivity contribution in [1.29, 1.82) is 0 Å². The van der Waals surface area contributed by atoms with Gasteiger partial charge in [0.1, 0.15) is 18.6 Å². The number of hydrogen-bond donors (Lipinski definition) is 1. The molecule has 28 heavy (non-hydrogen) atoms. The minimum atomic E-state index is -3.43. The first-order chi connectivity index (χ1) is 13.0. The molecule has 2 aromatic heterocycles. The second-order valence-electron chi connectivity index (χ2n) is 6.03. The predicted molar refractivity (Wildman–Crippen MR) is 112 cm³/mol. The van der Waals surface area contributed by atoms with Crippen molar-refractivity contribution in [2.24, 2.45) is 4.99 Å². The van der Waals surface area contributed by atoms with Gasteiger partial charge in [0.2, 0.25) is 15.9 Å². The summed E-state index contributed by atoms with van der Waals surface area (Å²) < 4.78 is 36.2. The van der Waals surface area contributed by atoms with Crippen LogP contribution in [0.2, 0.25) is 0 Å². The van der Waals surface area contributed by atoms with Gasteiger partial charge in [-0.25, -0.2) is 13.4 Å². The van der Waals surface area contributed by atoms with Crippen LogP contribution in [0.25, 0.3) is 0 Å². The molecule has 1 saturated heterocycles. The van der Waals surface area contributed by atoms with Crippen molar-refractivity contribution >= 4 is 40.0 Å². The summed E-state index contributed by atoms with van der Waals surface area (Å²) in [4.78, 5) is 10.7. The van der Waals surface area contributed by atoms with Crippen LogP contribution < -0.4 is 5.32 Å². The second kappa shape index (κ2) is 10.2. The lowest BCUT2D eigenvalue weighted by Crippen LogP contribution is -2.53.